The van der Waals surface area contributed by atoms with Gasteiger partial charge in [0, 0.05) is 13.1 Å². The lowest BCUT2D eigenvalue weighted by molar-refractivity contribution is -0.126. The Morgan fingerprint density at radius 2 is 2.12 bits per heavy atom. The Kier molecular flexibility index (Phi) is 4.95. The van der Waals surface area contributed by atoms with E-state index in [9.17, 15) is 9.59 Å². The smallest absolute Gasteiger partial charge is 0.324 e. The predicted molar refractivity (Wildman–Crippen MR) is 92.2 cm³/mol. The first-order valence-electron chi connectivity index (χ1n) is 7.55. The standard InChI is InChI=1S/C16H17N5O2S/c1-11(14(22)21-10-9-17-16(21)23)24-15-18-13(19-20-15)8-7-12-5-3-2-4-6-12/h2-8,11H,9-10H2,1H3,(H,17,23)(H,18,19,20)/b8-7+. The molecule has 0 aliphatic carbocycles. The van der Waals surface area contributed by atoms with E-state index in [1.807, 2.05) is 42.5 Å². The van der Waals surface area contributed by atoms with Crippen molar-refractivity contribution in [3.63, 3.8) is 0 Å². The van der Waals surface area contributed by atoms with Crippen LogP contribution in [-0.2, 0) is 4.79 Å². The first-order chi connectivity index (χ1) is 11.6. The van der Waals surface area contributed by atoms with Gasteiger partial charge in [-0.2, -0.15) is 0 Å². The van der Waals surface area contributed by atoms with Crippen LogP contribution in [0.1, 0.15) is 18.3 Å². The van der Waals surface area contributed by atoms with Crippen LogP contribution in [0.4, 0.5) is 4.79 Å². The van der Waals surface area contributed by atoms with Crippen molar-refractivity contribution in [3.05, 3.63) is 41.7 Å². The average molecular weight is 343 g/mol. The number of aromatic nitrogens is 3. The van der Waals surface area contributed by atoms with Crippen LogP contribution >= 0.6 is 11.8 Å². The first kappa shape index (κ1) is 16.3. The third kappa shape index (κ3) is 3.83. The molecule has 2 heterocycles. The van der Waals surface area contributed by atoms with E-state index in [0.29, 0.717) is 24.1 Å². The summed E-state index contributed by atoms with van der Waals surface area (Å²) in [5, 5.41) is 9.58. The van der Waals surface area contributed by atoms with E-state index < -0.39 is 5.25 Å². The quantitative estimate of drug-likeness (QED) is 0.811. The van der Waals surface area contributed by atoms with Gasteiger partial charge >= 0.3 is 6.03 Å². The maximum atomic E-state index is 12.2. The molecule has 3 amide bonds. The van der Waals surface area contributed by atoms with Crippen LogP contribution in [-0.4, -0.2) is 50.4 Å². The number of amides is 3. The zero-order valence-corrected chi connectivity index (χ0v) is 13.9. The van der Waals surface area contributed by atoms with Crippen LogP contribution < -0.4 is 5.32 Å². The van der Waals surface area contributed by atoms with Crippen molar-refractivity contribution in [3.8, 4) is 0 Å². The Morgan fingerprint density at radius 3 is 2.83 bits per heavy atom. The summed E-state index contributed by atoms with van der Waals surface area (Å²) in [6.07, 6.45) is 3.75. The Balaban J connectivity index is 1.60. The number of thioether (sulfide) groups is 1. The zero-order valence-electron chi connectivity index (χ0n) is 13.1. The average Bonchev–Trinajstić information content (AvgIpc) is 3.22. The molecular formula is C16H17N5O2S. The van der Waals surface area contributed by atoms with Crippen LogP contribution in [0.3, 0.4) is 0 Å². The number of hydrogen-bond donors (Lipinski definition) is 2. The first-order valence-corrected chi connectivity index (χ1v) is 8.43. The number of aromatic amines is 1. The molecule has 2 N–H and O–H groups in total. The molecule has 0 saturated carbocycles. The minimum atomic E-state index is -0.435. The van der Waals surface area contributed by atoms with E-state index in [0.717, 1.165) is 5.56 Å². The highest BCUT2D eigenvalue weighted by Gasteiger charge is 2.30. The van der Waals surface area contributed by atoms with Crippen LogP contribution in [0, 0.1) is 0 Å². The summed E-state index contributed by atoms with van der Waals surface area (Å²) in [5.41, 5.74) is 1.06. The molecule has 1 aromatic carbocycles. The molecule has 24 heavy (non-hydrogen) atoms. The molecule has 1 fully saturated rings. The van der Waals surface area contributed by atoms with Crippen LogP contribution in [0.15, 0.2) is 35.5 Å². The third-order valence-corrected chi connectivity index (χ3v) is 4.42. The molecule has 1 aliphatic rings. The highest BCUT2D eigenvalue weighted by atomic mass is 32.2. The number of urea groups is 1. The van der Waals surface area contributed by atoms with Gasteiger partial charge in [0.2, 0.25) is 11.1 Å². The Hall–Kier alpha value is -2.61. The van der Waals surface area contributed by atoms with Crippen molar-refractivity contribution in [1.82, 2.24) is 25.4 Å². The van der Waals surface area contributed by atoms with Crippen LogP contribution in [0.25, 0.3) is 12.2 Å². The van der Waals surface area contributed by atoms with Crippen LogP contribution in [0.2, 0.25) is 0 Å². The molecule has 3 rings (SSSR count). The molecule has 0 spiro atoms. The maximum absolute atomic E-state index is 12.2. The minimum Gasteiger partial charge on any atom is -0.336 e. The molecule has 1 aromatic heterocycles. The molecule has 7 nitrogen and oxygen atoms in total. The predicted octanol–water partition coefficient (Wildman–Crippen LogP) is 2.01. The fraction of sp³-hybridized carbons (Fsp3) is 0.250. The van der Waals surface area contributed by atoms with Gasteiger partial charge in [-0.15, -0.1) is 5.10 Å². The molecule has 0 radical (unpaired) electrons. The molecule has 8 heteroatoms. The second-order valence-corrected chi connectivity index (χ2v) is 6.54. The molecule has 1 aliphatic heterocycles. The molecule has 1 unspecified atom stereocenters. The molecule has 124 valence electrons. The Morgan fingerprint density at radius 1 is 1.33 bits per heavy atom. The maximum Gasteiger partial charge on any atom is 0.324 e. The summed E-state index contributed by atoms with van der Waals surface area (Å²) >= 11 is 1.22. The summed E-state index contributed by atoms with van der Waals surface area (Å²) in [6, 6.07) is 9.52. The Bertz CT molecular complexity index is 759. The number of carbonyl (C=O) groups excluding carboxylic acids is 2. The highest BCUT2D eigenvalue weighted by Crippen LogP contribution is 2.21. The fourth-order valence-electron chi connectivity index (χ4n) is 2.23. The van der Waals surface area contributed by atoms with Gasteiger partial charge in [-0.1, -0.05) is 48.2 Å². The van der Waals surface area contributed by atoms with Gasteiger partial charge in [-0.3, -0.25) is 14.8 Å². The SMILES string of the molecule is CC(Sc1n[nH]c(/C=C/c2ccccc2)n1)C(=O)N1CCNC1=O. The van der Waals surface area contributed by atoms with E-state index in [-0.39, 0.29) is 11.9 Å². The number of nitrogens with one attached hydrogen (secondary N) is 2. The van der Waals surface area contributed by atoms with Gasteiger partial charge in [0.25, 0.3) is 0 Å². The second kappa shape index (κ2) is 7.31. The van der Waals surface area contributed by atoms with Gasteiger partial charge in [-0.25, -0.2) is 9.78 Å². The van der Waals surface area contributed by atoms with E-state index in [1.165, 1.54) is 16.7 Å². The monoisotopic (exact) mass is 343 g/mol. The van der Waals surface area contributed by atoms with Crippen LogP contribution in [0.5, 0.6) is 0 Å². The number of nitrogens with zero attached hydrogens (tertiary/aromatic N) is 3. The number of benzene rings is 1. The number of carbonyl (C=O) groups is 2. The normalized spacial score (nSPS) is 15.7. The largest absolute Gasteiger partial charge is 0.336 e. The molecular weight excluding hydrogens is 326 g/mol. The lowest BCUT2D eigenvalue weighted by Crippen LogP contribution is -2.38. The van der Waals surface area contributed by atoms with Gasteiger partial charge in [0.15, 0.2) is 0 Å². The van der Waals surface area contributed by atoms with Crippen molar-refractivity contribution in [1.29, 1.82) is 0 Å². The van der Waals surface area contributed by atoms with Crippen molar-refractivity contribution in [2.24, 2.45) is 0 Å². The van der Waals surface area contributed by atoms with Gasteiger partial charge in [0.1, 0.15) is 5.82 Å². The van der Waals surface area contributed by atoms with Gasteiger partial charge in [0.05, 0.1) is 5.25 Å². The number of rotatable bonds is 5. The van der Waals surface area contributed by atoms with Crippen molar-refractivity contribution in [2.75, 3.05) is 13.1 Å². The van der Waals surface area contributed by atoms with Gasteiger partial charge in [-0.05, 0) is 18.6 Å². The topological polar surface area (TPSA) is 91.0 Å². The molecule has 1 atom stereocenters. The van der Waals surface area contributed by atoms with Crippen molar-refractivity contribution in [2.45, 2.75) is 17.3 Å². The summed E-state index contributed by atoms with van der Waals surface area (Å²) < 4.78 is 0. The van der Waals surface area contributed by atoms with Crippen molar-refractivity contribution < 1.29 is 9.59 Å². The third-order valence-electron chi connectivity index (χ3n) is 3.47. The summed E-state index contributed by atoms with van der Waals surface area (Å²) in [5.74, 6) is 0.376. The van der Waals surface area contributed by atoms with Gasteiger partial charge < -0.3 is 5.32 Å². The zero-order chi connectivity index (χ0) is 16.9. The number of hydrogen-bond acceptors (Lipinski definition) is 5. The lowest BCUT2D eigenvalue weighted by Gasteiger charge is -2.15. The Labute approximate surface area is 143 Å². The van der Waals surface area contributed by atoms with E-state index >= 15 is 0 Å². The second-order valence-electron chi connectivity index (χ2n) is 5.23. The lowest BCUT2D eigenvalue weighted by atomic mass is 10.2. The van der Waals surface area contributed by atoms with E-state index in [1.54, 1.807) is 6.92 Å². The fourth-order valence-corrected chi connectivity index (χ4v) is 3.03. The molecule has 2 aromatic rings. The summed E-state index contributed by atoms with van der Waals surface area (Å²) in [4.78, 5) is 29.3. The number of H-pyrrole nitrogens is 1. The summed E-state index contributed by atoms with van der Waals surface area (Å²) in [7, 11) is 0. The number of imide groups is 1. The molecule has 0 bridgehead atoms. The molecule has 1 saturated heterocycles. The summed E-state index contributed by atoms with van der Waals surface area (Å²) in [6.45, 7) is 2.65. The van der Waals surface area contributed by atoms with E-state index in [4.69, 9.17) is 0 Å². The highest BCUT2D eigenvalue weighted by molar-refractivity contribution is 8.00. The van der Waals surface area contributed by atoms with E-state index in [2.05, 4.69) is 20.5 Å². The van der Waals surface area contributed by atoms with Crippen molar-refractivity contribution >= 4 is 35.9 Å². The minimum absolute atomic E-state index is 0.235.